The highest BCUT2D eigenvalue weighted by molar-refractivity contribution is 5.90. The number of rotatable bonds is 4. The molecule has 0 spiro atoms. The number of nitrogens with zero attached hydrogens (tertiary/aromatic N) is 1. The molecule has 102 valence electrons. The van der Waals surface area contributed by atoms with Crippen molar-refractivity contribution < 1.29 is 4.42 Å². The van der Waals surface area contributed by atoms with Crippen LogP contribution in [0.25, 0.3) is 10.9 Å². The van der Waals surface area contributed by atoms with Gasteiger partial charge in [-0.3, -0.25) is 4.98 Å². The first-order valence-electron chi connectivity index (χ1n) is 6.94. The maximum atomic E-state index is 5.71. The van der Waals surface area contributed by atoms with Gasteiger partial charge in [-0.1, -0.05) is 25.1 Å². The maximum Gasteiger partial charge on any atom is 0.123 e. The monoisotopic (exact) mass is 266 g/mol. The third-order valence-electron chi connectivity index (χ3n) is 3.38. The van der Waals surface area contributed by atoms with Gasteiger partial charge in [-0.25, -0.2) is 0 Å². The van der Waals surface area contributed by atoms with E-state index in [0.717, 1.165) is 40.2 Å². The van der Waals surface area contributed by atoms with E-state index in [4.69, 9.17) is 4.42 Å². The van der Waals surface area contributed by atoms with Gasteiger partial charge in [0.2, 0.25) is 0 Å². The summed E-state index contributed by atoms with van der Waals surface area (Å²) in [7, 11) is 0. The predicted octanol–water partition coefficient (Wildman–Crippen LogP) is 4.31. The fourth-order valence-electron chi connectivity index (χ4n) is 2.28. The molecule has 3 rings (SSSR count). The van der Waals surface area contributed by atoms with E-state index in [2.05, 4.69) is 35.4 Å². The lowest BCUT2D eigenvalue weighted by Crippen LogP contribution is -2.00. The number of hydrogen-bond donors (Lipinski definition) is 1. The van der Waals surface area contributed by atoms with Crippen molar-refractivity contribution in [3.63, 3.8) is 0 Å². The second-order valence-electron chi connectivity index (χ2n) is 4.91. The van der Waals surface area contributed by atoms with E-state index in [1.807, 2.05) is 31.2 Å². The van der Waals surface area contributed by atoms with Gasteiger partial charge in [0, 0.05) is 17.5 Å². The Labute approximate surface area is 118 Å². The Morgan fingerprint density at radius 1 is 1.05 bits per heavy atom. The Hall–Kier alpha value is -2.29. The standard InChI is InChI=1S/C17H18N2O/c1-3-14-9-10-15(20-14)11-18-16-6-4-5-13-8-7-12(2)19-17(13)16/h4-10,18H,3,11H2,1-2H3. The number of pyridine rings is 1. The molecule has 0 aliphatic carbocycles. The minimum absolute atomic E-state index is 0.675. The molecule has 1 N–H and O–H groups in total. The van der Waals surface area contributed by atoms with Crippen molar-refractivity contribution in [2.75, 3.05) is 5.32 Å². The Bertz CT molecular complexity index is 731. The molecule has 20 heavy (non-hydrogen) atoms. The highest BCUT2D eigenvalue weighted by atomic mass is 16.3. The number of anilines is 1. The molecule has 2 heterocycles. The Kier molecular flexibility index (Phi) is 3.42. The summed E-state index contributed by atoms with van der Waals surface area (Å²) in [5.74, 6) is 1.97. The molecule has 0 saturated heterocycles. The van der Waals surface area contributed by atoms with Gasteiger partial charge < -0.3 is 9.73 Å². The minimum Gasteiger partial charge on any atom is -0.464 e. The van der Waals surface area contributed by atoms with E-state index in [9.17, 15) is 0 Å². The molecule has 0 aliphatic rings. The van der Waals surface area contributed by atoms with Crippen LogP contribution in [-0.2, 0) is 13.0 Å². The lowest BCUT2D eigenvalue weighted by Gasteiger charge is -2.08. The average molecular weight is 266 g/mol. The molecule has 3 aromatic rings. The third kappa shape index (κ3) is 2.52. The van der Waals surface area contributed by atoms with Crippen LogP contribution < -0.4 is 5.32 Å². The summed E-state index contributed by atoms with van der Waals surface area (Å²) in [4.78, 5) is 4.62. The van der Waals surface area contributed by atoms with Crippen LogP contribution in [0.3, 0.4) is 0 Å². The van der Waals surface area contributed by atoms with Crippen LogP contribution in [0.15, 0.2) is 46.9 Å². The lowest BCUT2D eigenvalue weighted by molar-refractivity contribution is 0.476. The molecule has 3 nitrogen and oxygen atoms in total. The van der Waals surface area contributed by atoms with Crippen LogP contribution in [0.1, 0.15) is 24.1 Å². The molecule has 0 saturated carbocycles. The first kappa shape index (κ1) is 12.7. The van der Waals surface area contributed by atoms with E-state index in [1.165, 1.54) is 0 Å². The number of hydrogen-bond acceptors (Lipinski definition) is 3. The molecule has 0 fully saturated rings. The van der Waals surface area contributed by atoms with Crippen LogP contribution in [-0.4, -0.2) is 4.98 Å². The Morgan fingerprint density at radius 2 is 1.90 bits per heavy atom. The van der Waals surface area contributed by atoms with E-state index in [1.54, 1.807) is 0 Å². The summed E-state index contributed by atoms with van der Waals surface area (Å²) in [6.07, 6.45) is 0.926. The van der Waals surface area contributed by atoms with Gasteiger partial charge in [-0.05, 0) is 31.2 Å². The number of nitrogens with one attached hydrogen (secondary N) is 1. The second kappa shape index (κ2) is 5.37. The first-order valence-corrected chi connectivity index (χ1v) is 6.94. The van der Waals surface area contributed by atoms with Crippen molar-refractivity contribution in [3.05, 3.63) is 59.7 Å². The minimum atomic E-state index is 0.675. The van der Waals surface area contributed by atoms with Crippen molar-refractivity contribution in [2.45, 2.75) is 26.8 Å². The summed E-state index contributed by atoms with van der Waals surface area (Å²) in [5.41, 5.74) is 3.08. The highest BCUT2D eigenvalue weighted by Crippen LogP contribution is 2.22. The molecule has 0 amide bonds. The zero-order chi connectivity index (χ0) is 13.9. The summed E-state index contributed by atoms with van der Waals surface area (Å²) < 4.78 is 5.71. The molecule has 1 aromatic carbocycles. The molecular weight excluding hydrogens is 248 g/mol. The van der Waals surface area contributed by atoms with E-state index < -0.39 is 0 Å². The molecule has 0 unspecified atom stereocenters. The SMILES string of the molecule is CCc1ccc(CNc2cccc3ccc(C)nc23)o1. The van der Waals surface area contributed by atoms with Crippen LogP contribution in [0.5, 0.6) is 0 Å². The van der Waals surface area contributed by atoms with Crippen molar-refractivity contribution >= 4 is 16.6 Å². The number of aryl methyl sites for hydroxylation is 2. The van der Waals surface area contributed by atoms with Crippen molar-refractivity contribution in [3.8, 4) is 0 Å². The van der Waals surface area contributed by atoms with Crippen LogP contribution >= 0.6 is 0 Å². The zero-order valence-electron chi connectivity index (χ0n) is 11.8. The Morgan fingerprint density at radius 3 is 2.70 bits per heavy atom. The Balaban J connectivity index is 1.85. The van der Waals surface area contributed by atoms with Gasteiger partial charge in [-0.2, -0.15) is 0 Å². The average Bonchev–Trinajstić information content (AvgIpc) is 2.93. The normalized spacial score (nSPS) is 10.9. The van der Waals surface area contributed by atoms with Crippen LogP contribution in [0, 0.1) is 6.92 Å². The fraction of sp³-hybridized carbons (Fsp3) is 0.235. The molecule has 0 aliphatic heterocycles. The number of aromatic nitrogens is 1. The van der Waals surface area contributed by atoms with E-state index in [0.29, 0.717) is 6.54 Å². The smallest absolute Gasteiger partial charge is 0.123 e. The second-order valence-corrected chi connectivity index (χ2v) is 4.91. The van der Waals surface area contributed by atoms with Crippen LogP contribution in [0.4, 0.5) is 5.69 Å². The summed E-state index contributed by atoms with van der Waals surface area (Å²) in [6.45, 7) is 4.78. The molecule has 2 aromatic heterocycles. The third-order valence-corrected chi connectivity index (χ3v) is 3.38. The van der Waals surface area contributed by atoms with Crippen molar-refractivity contribution in [1.29, 1.82) is 0 Å². The van der Waals surface area contributed by atoms with Gasteiger partial charge in [0.05, 0.1) is 17.7 Å². The molecular formula is C17H18N2O. The van der Waals surface area contributed by atoms with Gasteiger partial charge in [0.1, 0.15) is 11.5 Å². The number of para-hydroxylation sites is 1. The number of benzene rings is 1. The first-order chi connectivity index (χ1) is 9.76. The van der Waals surface area contributed by atoms with Gasteiger partial charge in [-0.15, -0.1) is 0 Å². The van der Waals surface area contributed by atoms with Gasteiger partial charge >= 0.3 is 0 Å². The highest BCUT2D eigenvalue weighted by Gasteiger charge is 2.04. The summed E-state index contributed by atoms with van der Waals surface area (Å²) in [6, 6.07) is 14.4. The lowest BCUT2D eigenvalue weighted by atomic mass is 10.1. The largest absolute Gasteiger partial charge is 0.464 e. The maximum absolute atomic E-state index is 5.71. The van der Waals surface area contributed by atoms with Crippen molar-refractivity contribution in [2.24, 2.45) is 0 Å². The molecule has 0 radical (unpaired) electrons. The van der Waals surface area contributed by atoms with E-state index >= 15 is 0 Å². The molecule has 0 atom stereocenters. The summed E-state index contributed by atoms with van der Waals surface area (Å²) in [5, 5.41) is 4.56. The fourth-order valence-corrected chi connectivity index (χ4v) is 2.28. The van der Waals surface area contributed by atoms with Gasteiger partial charge in [0.25, 0.3) is 0 Å². The van der Waals surface area contributed by atoms with E-state index in [-0.39, 0.29) is 0 Å². The zero-order valence-corrected chi connectivity index (χ0v) is 11.8. The topological polar surface area (TPSA) is 38.1 Å². The van der Waals surface area contributed by atoms with Crippen LogP contribution in [0.2, 0.25) is 0 Å². The molecule has 0 bridgehead atoms. The number of furan rings is 1. The van der Waals surface area contributed by atoms with Crippen molar-refractivity contribution in [1.82, 2.24) is 4.98 Å². The quantitative estimate of drug-likeness (QED) is 0.764. The number of fused-ring (bicyclic) bond motifs is 1. The molecule has 3 heteroatoms. The van der Waals surface area contributed by atoms with Gasteiger partial charge in [0.15, 0.2) is 0 Å². The summed E-state index contributed by atoms with van der Waals surface area (Å²) >= 11 is 0. The predicted molar refractivity (Wildman–Crippen MR) is 81.9 cm³/mol.